The molecule has 10 heteroatoms. The van der Waals surface area contributed by atoms with Crippen molar-refractivity contribution in [1.29, 1.82) is 0 Å². The van der Waals surface area contributed by atoms with Gasteiger partial charge in [0.2, 0.25) is 5.91 Å². The molecule has 0 aromatic carbocycles. The topological polar surface area (TPSA) is 103 Å². The molecule has 3 heterocycles. The average Bonchev–Trinajstić information content (AvgIpc) is 3.09. The minimum absolute atomic E-state index is 0.210. The number of carbonyl (C=O) groups is 3. The van der Waals surface area contributed by atoms with Gasteiger partial charge in [-0.2, -0.15) is 0 Å². The average molecular weight is 464 g/mol. The fourth-order valence-corrected chi connectivity index (χ4v) is 4.42. The number of hydrogen-bond donors (Lipinski definition) is 3. The molecule has 0 saturated carbocycles. The summed E-state index contributed by atoms with van der Waals surface area (Å²) in [5.74, 6) is -0.512. The molecular formula is C21H26ClN5O3S. The first-order chi connectivity index (χ1) is 14.4. The highest BCUT2D eigenvalue weighted by molar-refractivity contribution is 7.16. The van der Waals surface area contributed by atoms with Crippen LogP contribution >= 0.6 is 22.9 Å². The minimum atomic E-state index is -0.997. The number of nitrogens with zero attached hydrogens (tertiary/aromatic N) is 2. The molecule has 0 spiro atoms. The first-order valence-electron chi connectivity index (χ1n) is 9.83. The quantitative estimate of drug-likeness (QED) is 0.637. The lowest BCUT2D eigenvalue weighted by Gasteiger charge is -2.41. The lowest BCUT2D eigenvalue weighted by atomic mass is 9.93. The molecule has 2 aromatic heterocycles. The number of rotatable bonds is 3. The van der Waals surface area contributed by atoms with Crippen molar-refractivity contribution in [2.45, 2.75) is 45.6 Å². The Kier molecular flexibility index (Phi) is 6.29. The summed E-state index contributed by atoms with van der Waals surface area (Å²) in [4.78, 5) is 44.8. The van der Waals surface area contributed by atoms with Crippen molar-refractivity contribution < 1.29 is 14.4 Å². The SMILES string of the molecule is CC(C)(C)c1cc(C(=O)N2CCNC(=O)C2(C)C)c(NC(=O)Nc2ccncc2Cl)s1. The molecule has 1 saturated heterocycles. The Labute approximate surface area is 190 Å². The van der Waals surface area contributed by atoms with Crippen molar-refractivity contribution in [2.75, 3.05) is 23.7 Å². The van der Waals surface area contributed by atoms with E-state index in [9.17, 15) is 14.4 Å². The number of thiophene rings is 1. The fourth-order valence-electron chi connectivity index (χ4n) is 3.15. The van der Waals surface area contributed by atoms with Gasteiger partial charge in [0, 0.05) is 30.4 Å². The van der Waals surface area contributed by atoms with Crippen molar-refractivity contribution >= 4 is 51.5 Å². The molecule has 166 valence electrons. The van der Waals surface area contributed by atoms with Gasteiger partial charge in [0.1, 0.15) is 10.5 Å². The fraction of sp³-hybridized carbons (Fsp3) is 0.429. The molecule has 4 amide bonds. The van der Waals surface area contributed by atoms with Crippen LogP contribution in [0, 0.1) is 0 Å². The largest absolute Gasteiger partial charge is 0.352 e. The number of pyridine rings is 1. The van der Waals surface area contributed by atoms with Crippen molar-refractivity contribution in [2.24, 2.45) is 0 Å². The number of urea groups is 1. The van der Waals surface area contributed by atoms with Gasteiger partial charge < -0.3 is 15.5 Å². The van der Waals surface area contributed by atoms with E-state index in [2.05, 4.69) is 20.9 Å². The van der Waals surface area contributed by atoms with E-state index < -0.39 is 11.6 Å². The molecule has 0 radical (unpaired) electrons. The first kappa shape index (κ1) is 23.0. The molecule has 3 rings (SSSR count). The van der Waals surface area contributed by atoms with Gasteiger partial charge in [-0.3, -0.25) is 19.9 Å². The number of amides is 4. The smallest absolute Gasteiger partial charge is 0.324 e. The standard InChI is InChI=1S/C21H26ClN5O3S/c1-20(2,3)15-10-12(17(28)27-9-8-24-18(29)21(27,4)5)16(31-15)26-19(30)25-14-6-7-23-11-13(14)22/h6-7,10-11H,8-9H2,1-5H3,(H,24,29)(H2,23,25,26,30). The maximum Gasteiger partial charge on any atom is 0.324 e. The van der Waals surface area contributed by atoms with Crippen molar-refractivity contribution in [3.8, 4) is 0 Å². The zero-order valence-electron chi connectivity index (χ0n) is 18.1. The summed E-state index contributed by atoms with van der Waals surface area (Å²) in [5, 5.41) is 8.96. The number of aromatic nitrogens is 1. The molecule has 1 aliphatic rings. The zero-order chi connectivity index (χ0) is 23.0. The Balaban J connectivity index is 1.92. The van der Waals surface area contributed by atoms with E-state index in [-0.39, 0.29) is 17.2 Å². The van der Waals surface area contributed by atoms with Gasteiger partial charge in [0.05, 0.1) is 16.3 Å². The normalized spacial score (nSPS) is 15.9. The Bertz CT molecular complexity index is 1030. The first-order valence-corrected chi connectivity index (χ1v) is 11.0. The molecule has 0 aliphatic carbocycles. The Morgan fingerprint density at radius 2 is 2.00 bits per heavy atom. The lowest BCUT2D eigenvalue weighted by molar-refractivity contribution is -0.133. The molecule has 0 atom stereocenters. The summed E-state index contributed by atoms with van der Waals surface area (Å²) in [6, 6.07) is 2.85. The van der Waals surface area contributed by atoms with Crippen LogP contribution in [0.2, 0.25) is 5.02 Å². The second kappa shape index (κ2) is 8.47. The number of anilines is 2. The van der Waals surface area contributed by atoms with Gasteiger partial charge in [0.15, 0.2) is 0 Å². The molecule has 1 fully saturated rings. The summed E-state index contributed by atoms with van der Waals surface area (Å²) in [6.07, 6.45) is 2.95. The third-order valence-corrected chi connectivity index (χ3v) is 6.82. The van der Waals surface area contributed by atoms with E-state index in [1.165, 1.54) is 23.7 Å². The molecule has 0 bridgehead atoms. The lowest BCUT2D eigenvalue weighted by Crippen LogP contribution is -2.63. The second-order valence-electron chi connectivity index (χ2n) is 8.81. The molecule has 1 aliphatic heterocycles. The van der Waals surface area contributed by atoms with Crippen molar-refractivity contribution in [3.05, 3.63) is 40.0 Å². The van der Waals surface area contributed by atoms with Crippen LogP contribution in [0.3, 0.4) is 0 Å². The van der Waals surface area contributed by atoms with Crippen molar-refractivity contribution in [3.63, 3.8) is 0 Å². The molecular weight excluding hydrogens is 438 g/mol. The summed E-state index contributed by atoms with van der Waals surface area (Å²) in [7, 11) is 0. The van der Waals surface area contributed by atoms with E-state index in [0.29, 0.717) is 34.4 Å². The predicted molar refractivity (Wildman–Crippen MR) is 123 cm³/mol. The summed E-state index contributed by atoms with van der Waals surface area (Å²) in [6.45, 7) is 10.3. The summed E-state index contributed by atoms with van der Waals surface area (Å²) < 4.78 is 0. The van der Waals surface area contributed by atoms with Gasteiger partial charge in [-0.25, -0.2) is 4.79 Å². The van der Waals surface area contributed by atoms with E-state index in [1.807, 2.05) is 20.8 Å². The van der Waals surface area contributed by atoms with Crippen LogP contribution in [0.5, 0.6) is 0 Å². The van der Waals surface area contributed by atoms with Crippen LogP contribution in [0.25, 0.3) is 0 Å². The van der Waals surface area contributed by atoms with Crippen LogP contribution in [-0.4, -0.2) is 46.4 Å². The molecule has 31 heavy (non-hydrogen) atoms. The van der Waals surface area contributed by atoms with Gasteiger partial charge in [-0.1, -0.05) is 32.4 Å². The number of carbonyl (C=O) groups excluding carboxylic acids is 3. The third-order valence-electron chi connectivity index (χ3n) is 5.05. The highest BCUT2D eigenvalue weighted by Crippen LogP contribution is 2.37. The van der Waals surface area contributed by atoms with E-state index >= 15 is 0 Å². The number of halogens is 1. The highest BCUT2D eigenvalue weighted by atomic mass is 35.5. The van der Waals surface area contributed by atoms with Crippen LogP contribution in [-0.2, 0) is 10.2 Å². The van der Waals surface area contributed by atoms with E-state index in [4.69, 9.17) is 11.6 Å². The third kappa shape index (κ3) is 4.83. The predicted octanol–water partition coefficient (Wildman–Crippen LogP) is 4.09. The van der Waals surface area contributed by atoms with Gasteiger partial charge in [-0.15, -0.1) is 11.3 Å². The number of hydrogen-bond acceptors (Lipinski definition) is 5. The maximum absolute atomic E-state index is 13.5. The minimum Gasteiger partial charge on any atom is -0.352 e. The molecule has 8 nitrogen and oxygen atoms in total. The van der Waals surface area contributed by atoms with Gasteiger partial charge >= 0.3 is 6.03 Å². The van der Waals surface area contributed by atoms with Crippen LogP contribution in [0.15, 0.2) is 24.5 Å². The van der Waals surface area contributed by atoms with E-state index in [1.54, 1.807) is 30.9 Å². The van der Waals surface area contributed by atoms with Gasteiger partial charge in [0.25, 0.3) is 5.91 Å². The van der Waals surface area contributed by atoms with Crippen molar-refractivity contribution in [1.82, 2.24) is 15.2 Å². The Morgan fingerprint density at radius 1 is 1.29 bits per heavy atom. The Morgan fingerprint density at radius 3 is 2.65 bits per heavy atom. The summed E-state index contributed by atoms with van der Waals surface area (Å²) >= 11 is 7.40. The monoisotopic (exact) mass is 463 g/mol. The number of piperazine rings is 1. The van der Waals surface area contributed by atoms with Gasteiger partial charge in [-0.05, 0) is 31.4 Å². The van der Waals surface area contributed by atoms with E-state index in [0.717, 1.165) is 4.88 Å². The maximum atomic E-state index is 13.5. The van der Waals surface area contributed by atoms with Crippen LogP contribution in [0.4, 0.5) is 15.5 Å². The molecule has 2 aromatic rings. The van der Waals surface area contributed by atoms with Crippen LogP contribution < -0.4 is 16.0 Å². The summed E-state index contributed by atoms with van der Waals surface area (Å²) in [5.41, 5.74) is -0.458. The molecule has 0 unspecified atom stereocenters. The zero-order valence-corrected chi connectivity index (χ0v) is 19.7. The highest BCUT2D eigenvalue weighted by Gasteiger charge is 2.42. The van der Waals surface area contributed by atoms with Crippen LogP contribution in [0.1, 0.15) is 49.9 Å². The molecule has 3 N–H and O–H groups in total. The Hall–Kier alpha value is -2.65. The second-order valence-corrected chi connectivity index (χ2v) is 10.3. The number of nitrogens with one attached hydrogen (secondary N) is 3.